The standard InChI is InChI=1S/C23H29N5O4S/c1-14-13-18(29)28(23(14)30)27-22(25-3)19-15(2)20(33-21(19)24)16-5-7-17(8-6-16)32-12-10-26-9-11-31-4/h5-8,13,24-27H,9-12H2,1-4H3/b22-19+,24-21?. The first-order valence-electron chi connectivity index (χ1n) is 10.5. The number of hydrogen-bond donors (Lipinski definition) is 4. The third-order valence-electron chi connectivity index (χ3n) is 5.12. The maximum absolute atomic E-state index is 12.2. The lowest BCUT2D eigenvalue weighted by atomic mass is 10.0. The van der Waals surface area contributed by atoms with Gasteiger partial charge in [-0.2, -0.15) is 5.01 Å². The van der Waals surface area contributed by atoms with Gasteiger partial charge in [-0.3, -0.25) is 20.4 Å². The first-order chi connectivity index (χ1) is 15.9. The molecule has 3 rings (SSSR count). The number of carbonyl (C=O) groups is 2. The number of hydrazine groups is 1. The van der Waals surface area contributed by atoms with Crippen molar-refractivity contribution in [2.45, 2.75) is 13.8 Å². The third-order valence-corrected chi connectivity index (χ3v) is 6.27. The topological polar surface area (TPSA) is 116 Å². The molecule has 2 amide bonds. The van der Waals surface area contributed by atoms with Crippen molar-refractivity contribution >= 4 is 33.5 Å². The van der Waals surface area contributed by atoms with Crippen LogP contribution >= 0.6 is 11.8 Å². The van der Waals surface area contributed by atoms with Crippen LogP contribution in [0.15, 0.2) is 52.9 Å². The van der Waals surface area contributed by atoms with Crippen LogP contribution in [0.1, 0.15) is 19.4 Å². The maximum Gasteiger partial charge on any atom is 0.275 e. The van der Waals surface area contributed by atoms with Crippen LogP contribution in [0.4, 0.5) is 0 Å². The van der Waals surface area contributed by atoms with E-state index in [-0.39, 0.29) is 0 Å². The molecule has 0 spiro atoms. The molecule has 10 heteroatoms. The second-order valence-electron chi connectivity index (χ2n) is 7.42. The highest BCUT2D eigenvalue weighted by atomic mass is 32.2. The van der Waals surface area contributed by atoms with Crippen molar-refractivity contribution in [2.75, 3.05) is 40.5 Å². The summed E-state index contributed by atoms with van der Waals surface area (Å²) in [5.41, 5.74) is 5.67. The number of ether oxygens (including phenoxy) is 2. The lowest BCUT2D eigenvalue weighted by Gasteiger charge is -2.21. The van der Waals surface area contributed by atoms with Gasteiger partial charge in [0.05, 0.1) is 12.2 Å². The predicted octanol–water partition coefficient (Wildman–Crippen LogP) is 2.01. The molecule has 0 saturated heterocycles. The summed E-state index contributed by atoms with van der Waals surface area (Å²) in [5.74, 6) is 0.350. The molecule has 0 radical (unpaired) electrons. The second kappa shape index (κ2) is 11.2. The minimum absolute atomic E-state index is 0.325. The van der Waals surface area contributed by atoms with Crippen molar-refractivity contribution in [2.24, 2.45) is 0 Å². The number of methoxy groups -OCH3 is 1. The molecular weight excluding hydrogens is 442 g/mol. The molecule has 33 heavy (non-hydrogen) atoms. The Hall–Kier alpha value is -3.08. The highest BCUT2D eigenvalue weighted by Gasteiger charge is 2.32. The fraction of sp³-hybridized carbons (Fsp3) is 0.348. The van der Waals surface area contributed by atoms with Crippen molar-refractivity contribution in [3.05, 3.63) is 58.4 Å². The minimum atomic E-state index is -0.436. The van der Waals surface area contributed by atoms with E-state index in [0.29, 0.717) is 35.2 Å². The molecule has 0 aromatic heterocycles. The van der Waals surface area contributed by atoms with E-state index in [1.165, 1.54) is 17.8 Å². The van der Waals surface area contributed by atoms with Crippen LogP contribution in [0, 0.1) is 5.41 Å². The predicted molar refractivity (Wildman–Crippen MR) is 129 cm³/mol. The Labute approximate surface area is 197 Å². The molecule has 4 N–H and O–H groups in total. The number of benzene rings is 1. The van der Waals surface area contributed by atoms with Gasteiger partial charge in [0.15, 0.2) is 0 Å². The fourth-order valence-corrected chi connectivity index (χ4v) is 4.45. The molecule has 1 aromatic rings. The Morgan fingerprint density at radius 2 is 1.82 bits per heavy atom. The SMILES string of the molecule is CN/C(NN1C(=O)C=C(C)C1=O)=C1\C(=N)SC(c2ccc(OCCNCCOC)cc2)=C1C. The number of allylic oxidation sites excluding steroid dienone is 1. The summed E-state index contributed by atoms with van der Waals surface area (Å²) in [7, 11) is 3.35. The highest BCUT2D eigenvalue weighted by molar-refractivity contribution is 8.22. The van der Waals surface area contributed by atoms with Gasteiger partial charge in [-0.1, -0.05) is 23.9 Å². The van der Waals surface area contributed by atoms with Crippen LogP contribution in [0.5, 0.6) is 5.75 Å². The van der Waals surface area contributed by atoms with Crippen molar-refractivity contribution < 1.29 is 19.1 Å². The summed E-state index contributed by atoms with van der Waals surface area (Å²) in [6.45, 7) is 6.24. The second-order valence-corrected chi connectivity index (χ2v) is 8.44. The van der Waals surface area contributed by atoms with Crippen molar-refractivity contribution in [1.82, 2.24) is 21.1 Å². The number of rotatable bonds is 11. The van der Waals surface area contributed by atoms with Gasteiger partial charge in [-0.15, -0.1) is 0 Å². The monoisotopic (exact) mass is 471 g/mol. The number of thioether (sulfide) groups is 1. The van der Waals surface area contributed by atoms with Crippen LogP contribution in [0.2, 0.25) is 0 Å². The maximum atomic E-state index is 12.2. The van der Waals surface area contributed by atoms with E-state index in [0.717, 1.165) is 39.9 Å². The summed E-state index contributed by atoms with van der Waals surface area (Å²) in [5, 5.41) is 16.0. The first-order valence-corrected chi connectivity index (χ1v) is 11.3. The highest BCUT2D eigenvalue weighted by Crippen LogP contribution is 2.44. The third kappa shape index (κ3) is 5.65. The van der Waals surface area contributed by atoms with Crippen LogP contribution < -0.4 is 20.8 Å². The lowest BCUT2D eigenvalue weighted by molar-refractivity contribution is -0.140. The molecule has 0 fully saturated rings. The van der Waals surface area contributed by atoms with E-state index < -0.39 is 11.8 Å². The number of hydrogen-bond acceptors (Lipinski definition) is 9. The summed E-state index contributed by atoms with van der Waals surface area (Å²) < 4.78 is 10.8. The Kier molecular flexibility index (Phi) is 8.32. The van der Waals surface area contributed by atoms with Crippen LogP contribution in [-0.4, -0.2) is 62.3 Å². The molecule has 0 bridgehead atoms. The van der Waals surface area contributed by atoms with E-state index in [1.807, 2.05) is 31.2 Å². The molecule has 1 aromatic carbocycles. The van der Waals surface area contributed by atoms with Gasteiger partial charge in [0.2, 0.25) is 0 Å². The molecule has 2 aliphatic rings. The average Bonchev–Trinajstić information content (AvgIpc) is 3.23. The molecule has 9 nitrogen and oxygen atoms in total. The molecule has 2 heterocycles. The Morgan fingerprint density at radius 3 is 2.42 bits per heavy atom. The van der Waals surface area contributed by atoms with E-state index in [4.69, 9.17) is 14.9 Å². The van der Waals surface area contributed by atoms with Gasteiger partial charge in [0, 0.05) is 43.8 Å². The van der Waals surface area contributed by atoms with Gasteiger partial charge >= 0.3 is 0 Å². The zero-order valence-electron chi connectivity index (χ0n) is 19.2. The normalized spacial score (nSPS) is 17.6. The number of nitrogens with one attached hydrogen (secondary N) is 4. The lowest BCUT2D eigenvalue weighted by Crippen LogP contribution is -2.46. The van der Waals surface area contributed by atoms with Crippen molar-refractivity contribution in [3.63, 3.8) is 0 Å². The zero-order valence-corrected chi connectivity index (χ0v) is 20.0. The summed E-state index contributed by atoms with van der Waals surface area (Å²) >= 11 is 1.33. The fourth-order valence-electron chi connectivity index (χ4n) is 3.38. The van der Waals surface area contributed by atoms with Crippen LogP contribution in [-0.2, 0) is 14.3 Å². The Bertz CT molecular complexity index is 1030. The Balaban J connectivity index is 1.72. The van der Waals surface area contributed by atoms with Crippen LogP contribution in [0.3, 0.4) is 0 Å². The van der Waals surface area contributed by atoms with E-state index in [1.54, 1.807) is 21.1 Å². The van der Waals surface area contributed by atoms with Crippen molar-refractivity contribution in [1.29, 1.82) is 5.41 Å². The van der Waals surface area contributed by atoms with E-state index in [2.05, 4.69) is 16.1 Å². The molecule has 0 unspecified atom stereocenters. The number of amides is 2. The Morgan fingerprint density at radius 1 is 1.12 bits per heavy atom. The smallest absolute Gasteiger partial charge is 0.275 e. The summed E-state index contributed by atoms with van der Waals surface area (Å²) in [6.07, 6.45) is 1.29. The van der Waals surface area contributed by atoms with Gasteiger partial charge in [-0.25, -0.2) is 0 Å². The quantitative estimate of drug-likeness (QED) is 0.286. The minimum Gasteiger partial charge on any atom is -0.492 e. The summed E-state index contributed by atoms with van der Waals surface area (Å²) in [4.78, 5) is 25.3. The van der Waals surface area contributed by atoms with Gasteiger partial charge in [0.25, 0.3) is 11.8 Å². The molecule has 0 aliphatic carbocycles. The number of imide groups is 1. The van der Waals surface area contributed by atoms with Crippen molar-refractivity contribution in [3.8, 4) is 5.75 Å². The molecule has 0 saturated carbocycles. The number of nitrogens with zero attached hydrogens (tertiary/aromatic N) is 1. The zero-order chi connectivity index (χ0) is 24.0. The molecule has 0 atom stereocenters. The van der Waals surface area contributed by atoms with Crippen LogP contribution in [0.25, 0.3) is 4.91 Å². The van der Waals surface area contributed by atoms with E-state index >= 15 is 0 Å². The van der Waals surface area contributed by atoms with E-state index in [9.17, 15) is 9.59 Å². The number of carbonyl (C=O) groups excluding carboxylic acids is 2. The molecular formula is C23H29N5O4S. The first kappa shape index (κ1) is 24.6. The van der Waals surface area contributed by atoms with Gasteiger partial charge in [0.1, 0.15) is 23.2 Å². The molecule has 2 aliphatic heterocycles. The molecule has 176 valence electrons. The average molecular weight is 472 g/mol. The summed E-state index contributed by atoms with van der Waals surface area (Å²) in [6, 6.07) is 7.74. The van der Waals surface area contributed by atoms with Gasteiger partial charge < -0.3 is 20.1 Å². The van der Waals surface area contributed by atoms with Gasteiger partial charge in [-0.05, 0) is 37.1 Å². The largest absolute Gasteiger partial charge is 0.492 e.